The molecule has 1 aromatic rings. The maximum absolute atomic E-state index is 12.3. The van der Waals surface area contributed by atoms with Crippen molar-refractivity contribution in [2.75, 3.05) is 19.3 Å². The number of hydrogen-bond donors (Lipinski definition) is 1. The first-order valence-electron chi connectivity index (χ1n) is 6.60. The minimum Gasteiger partial charge on any atom is -0.389 e. The number of thiocarbonyl (C=S) groups is 1. The van der Waals surface area contributed by atoms with Crippen LogP contribution in [0.4, 0.5) is 0 Å². The second kappa shape index (κ2) is 7.15. The number of rotatable bonds is 7. The molecule has 0 heterocycles. The fourth-order valence-corrected chi connectivity index (χ4v) is 3.24. The van der Waals surface area contributed by atoms with Crippen molar-refractivity contribution in [2.24, 2.45) is 5.73 Å². The van der Waals surface area contributed by atoms with Gasteiger partial charge in [-0.15, -0.1) is 0 Å². The molecule has 4 nitrogen and oxygen atoms in total. The molecule has 1 atom stereocenters. The Morgan fingerprint density at radius 1 is 1.45 bits per heavy atom. The largest absolute Gasteiger partial charge is 0.389 e. The van der Waals surface area contributed by atoms with Gasteiger partial charge in [0.15, 0.2) is 9.84 Å². The summed E-state index contributed by atoms with van der Waals surface area (Å²) < 4.78 is 24.6. The van der Waals surface area contributed by atoms with E-state index >= 15 is 0 Å². The molecule has 0 spiro atoms. The van der Waals surface area contributed by atoms with Crippen molar-refractivity contribution in [3.8, 4) is 0 Å². The predicted molar refractivity (Wildman–Crippen MR) is 86.8 cm³/mol. The molecule has 2 N–H and O–H groups in total. The first-order chi connectivity index (χ1) is 9.27. The van der Waals surface area contributed by atoms with Crippen LogP contribution in [0.2, 0.25) is 0 Å². The van der Waals surface area contributed by atoms with Crippen molar-refractivity contribution in [3.05, 3.63) is 29.8 Å². The summed E-state index contributed by atoms with van der Waals surface area (Å²) in [4.78, 5) is 2.54. The van der Waals surface area contributed by atoms with Gasteiger partial charge in [-0.3, -0.25) is 0 Å². The summed E-state index contributed by atoms with van der Waals surface area (Å²) in [6, 6.07) is 6.88. The van der Waals surface area contributed by atoms with Gasteiger partial charge < -0.3 is 10.6 Å². The van der Waals surface area contributed by atoms with E-state index in [1.165, 1.54) is 0 Å². The summed E-state index contributed by atoms with van der Waals surface area (Å²) in [7, 11) is -1.37. The maximum Gasteiger partial charge on any atom is 0.179 e. The third kappa shape index (κ3) is 4.54. The molecule has 112 valence electrons. The zero-order chi connectivity index (χ0) is 15.3. The second-order valence-electron chi connectivity index (χ2n) is 4.95. The van der Waals surface area contributed by atoms with E-state index in [1.54, 1.807) is 24.3 Å². The summed E-state index contributed by atoms with van der Waals surface area (Å²) >= 11 is 4.88. The van der Waals surface area contributed by atoms with Crippen molar-refractivity contribution < 1.29 is 8.42 Å². The molecule has 0 bridgehead atoms. The highest BCUT2D eigenvalue weighted by atomic mass is 32.2. The summed E-state index contributed by atoms with van der Waals surface area (Å²) in [6.07, 6.45) is 0.994. The van der Waals surface area contributed by atoms with Crippen LogP contribution >= 0.6 is 12.2 Å². The van der Waals surface area contributed by atoms with Crippen LogP contribution < -0.4 is 5.73 Å². The zero-order valence-corrected chi connectivity index (χ0v) is 13.8. The van der Waals surface area contributed by atoms with Gasteiger partial charge in [0.05, 0.1) is 10.6 Å². The van der Waals surface area contributed by atoms with E-state index in [0.717, 1.165) is 6.42 Å². The summed E-state index contributed by atoms with van der Waals surface area (Å²) in [5.74, 6) is 0.0919. The first kappa shape index (κ1) is 17.1. The summed E-state index contributed by atoms with van der Waals surface area (Å²) in [6.45, 7) is 4.68. The molecular formula is C14H22N2O2S2. The van der Waals surface area contributed by atoms with Crippen LogP contribution in [0.15, 0.2) is 29.2 Å². The molecule has 0 fully saturated rings. The van der Waals surface area contributed by atoms with Gasteiger partial charge in [-0.1, -0.05) is 31.3 Å². The standard InChI is InChI=1S/C14H22N2O2S2/c1-4-11(2)16(3)8-9-20(17,18)13-7-5-6-12(10-13)14(15)19/h5-7,10-11H,4,8-9H2,1-3H3,(H2,15,19). The topological polar surface area (TPSA) is 63.4 Å². The summed E-state index contributed by atoms with van der Waals surface area (Å²) in [5, 5.41) is 0. The number of nitrogens with two attached hydrogens (primary N) is 1. The van der Waals surface area contributed by atoms with Crippen LogP contribution in [-0.2, 0) is 9.84 Å². The van der Waals surface area contributed by atoms with Crippen molar-refractivity contribution >= 4 is 27.0 Å². The molecule has 0 saturated heterocycles. The van der Waals surface area contributed by atoms with Gasteiger partial charge in [-0.2, -0.15) is 0 Å². The van der Waals surface area contributed by atoms with Crippen molar-refractivity contribution in [3.63, 3.8) is 0 Å². The minimum absolute atomic E-state index is 0.0919. The molecule has 20 heavy (non-hydrogen) atoms. The van der Waals surface area contributed by atoms with Gasteiger partial charge in [-0.25, -0.2) is 8.42 Å². The Kier molecular flexibility index (Phi) is 6.10. The van der Waals surface area contributed by atoms with Crippen LogP contribution in [0, 0.1) is 0 Å². The van der Waals surface area contributed by atoms with E-state index in [0.29, 0.717) is 18.2 Å². The lowest BCUT2D eigenvalue weighted by molar-refractivity contribution is 0.266. The van der Waals surface area contributed by atoms with Crippen LogP contribution in [0.3, 0.4) is 0 Å². The highest BCUT2D eigenvalue weighted by Gasteiger charge is 2.17. The Morgan fingerprint density at radius 3 is 2.65 bits per heavy atom. The van der Waals surface area contributed by atoms with Gasteiger partial charge in [0.25, 0.3) is 0 Å². The van der Waals surface area contributed by atoms with E-state index in [4.69, 9.17) is 18.0 Å². The zero-order valence-electron chi connectivity index (χ0n) is 12.2. The SMILES string of the molecule is CCC(C)N(C)CCS(=O)(=O)c1cccc(C(N)=S)c1. The van der Waals surface area contributed by atoms with E-state index in [1.807, 2.05) is 7.05 Å². The van der Waals surface area contributed by atoms with Gasteiger partial charge in [0, 0.05) is 18.2 Å². The minimum atomic E-state index is -3.31. The van der Waals surface area contributed by atoms with Crippen LogP contribution in [0.25, 0.3) is 0 Å². The molecular weight excluding hydrogens is 292 g/mol. The number of sulfone groups is 1. The molecule has 1 unspecified atom stereocenters. The highest BCUT2D eigenvalue weighted by molar-refractivity contribution is 7.91. The van der Waals surface area contributed by atoms with Crippen molar-refractivity contribution in [1.29, 1.82) is 0 Å². The normalized spacial score (nSPS) is 13.4. The first-order valence-corrected chi connectivity index (χ1v) is 8.67. The number of hydrogen-bond acceptors (Lipinski definition) is 4. The Hall–Kier alpha value is -0.980. The molecule has 0 radical (unpaired) electrons. The Bertz CT molecular complexity index is 570. The molecule has 0 amide bonds. The fraction of sp³-hybridized carbons (Fsp3) is 0.500. The predicted octanol–water partition coefficient (Wildman–Crippen LogP) is 1.82. The third-order valence-corrected chi connectivity index (χ3v) is 5.46. The second-order valence-corrected chi connectivity index (χ2v) is 7.50. The lowest BCUT2D eigenvalue weighted by atomic mass is 10.2. The van der Waals surface area contributed by atoms with Crippen LogP contribution in [0.1, 0.15) is 25.8 Å². The lowest BCUT2D eigenvalue weighted by Crippen LogP contribution is -2.33. The number of benzene rings is 1. The average Bonchev–Trinajstić information content (AvgIpc) is 2.44. The fourth-order valence-electron chi connectivity index (χ4n) is 1.76. The Balaban J connectivity index is 2.84. The molecule has 0 aliphatic rings. The maximum atomic E-state index is 12.3. The van der Waals surface area contributed by atoms with E-state index in [2.05, 4.69) is 18.7 Å². The third-order valence-electron chi connectivity index (χ3n) is 3.53. The molecule has 1 aromatic carbocycles. The van der Waals surface area contributed by atoms with E-state index in [9.17, 15) is 8.42 Å². The average molecular weight is 314 g/mol. The van der Waals surface area contributed by atoms with Gasteiger partial charge >= 0.3 is 0 Å². The van der Waals surface area contributed by atoms with Gasteiger partial charge in [-0.05, 0) is 32.5 Å². The quantitative estimate of drug-likeness (QED) is 0.778. The molecule has 0 aliphatic carbocycles. The molecule has 1 rings (SSSR count). The lowest BCUT2D eigenvalue weighted by Gasteiger charge is -2.23. The van der Waals surface area contributed by atoms with Crippen molar-refractivity contribution in [2.45, 2.75) is 31.2 Å². The number of nitrogens with zero attached hydrogens (tertiary/aromatic N) is 1. The van der Waals surface area contributed by atoms with E-state index in [-0.39, 0.29) is 15.6 Å². The van der Waals surface area contributed by atoms with Crippen LogP contribution in [0.5, 0.6) is 0 Å². The molecule has 0 aliphatic heterocycles. The van der Waals surface area contributed by atoms with Crippen LogP contribution in [-0.4, -0.2) is 43.7 Å². The van der Waals surface area contributed by atoms with Gasteiger partial charge in [0.1, 0.15) is 4.99 Å². The Labute approximate surface area is 126 Å². The molecule has 0 saturated carbocycles. The smallest absolute Gasteiger partial charge is 0.179 e. The summed E-state index contributed by atoms with van der Waals surface area (Å²) in [5.41, 5.74) is 6.11. The molecule has 0 aromatic heterocycles. The van der Waals surface area contributed by atoms with E-state index < -0.39 is 9.84 Å². The Morgan fingerprint density at radius 2 is 2.10 bits per heavy atom. The molecule has 6 heteroatoms. The van der Waals surface area contributed by atoms with Crippen molar-refractivity contribution in [1.82, 2.24) is 4.90 Å². The van der Waals surface area contributed by atoms with Gasteiger partial charge in [0.2, 0.25) is 0 Å². The highest BCUT2D eigenvalue weighted by Crippen LogP contribution is 2.14. The monoisotopic (exact) mass is 314 g/mol.